The topological polar surface area (TPSA) is 148 Å². The molecule has 11 heteroatoms. The molecule has 2 aromatic carbocycles. The van der Waals surface area contributed by atoms with Crippen LogP contribution in [0.2, 0.25) is 5.02 Å². The number of nitrogens with zero attached hydrogens (tertiary/aromatic N) is 2. The quantitative estimate of drug-likeness (QED) is 0.215. The minimum atomic E-state index is -1.82. The Kier molecular flexibility index (Phi) is 9.36. The number of carbonyl (C=O) groups is 2. The van der Waals surface area contributed by atoms with E-state index in [1.807, 2.05) is 36.4 Å². The molecule has 206 valence electrons. The normalized spacial score (nSPS) is 15.1. The second-order valence-corrected chi connectivity index (χ2v) is 9.77. The summed E-state index contributed by atoms with van der Waals surface area (Å²) in [7, 11) is 1.65. The lowest BCUT2D eigenvalue weighted by molar-refractivity contribution is -0.159. The number of β-amino-alcohol motifs (C(OH)–C–C–N with tert-alkyl or cyclic N) is 1. The van der Waals surface area contributed by atoms with Gasteiger partial charge in [-0.2, -0.15) is 0 Å². The predicted molar refractivity (Wildman–Crippen MR) is 148 cm³/mol. The van der Waals surface area contributed by atoms with Gasteiger partial charge in [0.25, 0.3) is 0 Å². The average Bonchev–Trinajstić information content (AvgIpc) is 3.37. The number of aliphatic carboxylic acids is 2. The van der Waals surface area contributed by atoms with Crippen molar-refractivity contribution in [3.8, 4) is 5.75 Å². The molecule has 0 saturated carbocycles. The molecule has 3 heterocycles. The van der Waals surface area contributed by atoms with Gasteiger partial charge in [-0.05, 0) is 74.0 Å². The summed E-state index contributed by atoms with van der Waals surface area (Å²) in [5.41, 5.74) is 3.99. The highest BCUT2D eigenvalue weighted by Gasteiger charge is 2.22. The van der Waals surface area contributed by atoms with Gasteiger partial charge in [0.1, 0.15) is 5.75 Å². The van der Waals surface area contributed by atoms with E-state index in [1.54, 1.807) is 13.3 Å². The first-order chi connectivity index (χ1) is 18.7. The monoisotopic (exact) mass is 554 g/mol. The Hall–Kier alpha value is -3.70. The minimum absolute atomic E-state index is 0.464. The highest BCUT2D eigenvalue weighted by Crippen LogP contribution is 2.28. The van der Waals surface area contributed by atoms with Crippen molar-refractivity contribution in [3.63, 3.8) is 0 Å². The van der Waals surface area contributed by atoms with Crippen LogP contribution < -0.4 is 10.1 Å². The molecule has 1 aliphatic heterocycles. The number of ether oxygens (including phenoxy) is 1. The molecular weight excluding hydrogens is 524 g/mol. The van der Waals surface area contributed by atoms with Crippen LogP contribution in [0.3, 0.4) is 0 Å². The lowest BCUT2D eigenvalue weighted by Gasteiger charge is -2.33. The zero-order chi connectivity index (χ0) is 27.9. The number of halogens is 1. The number of pyridine rings is 1. The minimum Gasteiger partial charge on any atom is -0.497 e. The first-order valence-corrected chi connectivity index (χ1v) is 12.9. The molecule has 1 atom stereocenters. The van der Waals surface area contributed by atoms with E-state index < -0.39 is 18.0 Å². The lowest BCUT2D eigenvalue weighted by atomic mass is 10.0. The number of carboxylic acid groups (broad SMARTS) is 2. The number of piperidine rings is 1. The molecular formula is C28H31ClN4O6. The fourth-order valence-electron chi connectivity index (χ4n) is 4.75. The van der Waals surface area contributed by atoms with Gasteiger partial charge in [0.15, 0.2) is 0 Å². The van der Waals surface area contributed by atoms with Crippen LogP contribution in [-0.2, 0) is 16.1 Å². The van der Waals surface area contributed by atoms with Crippen molar-refractivity contribution in [2.24, 2.45) is 0 Å². The number of carboxylic acids is 2. The number of nitrogens with one attached hydrogen (secondary N) is 2. The SMILES string of the molecule is COc1ccc2nccc([C@@H](O)CN3CCC(NCc4cc5c(Cl)cccc5[nH]4)CC3)c2c1.O=C(O)C(=O)O. The number of rotatable bonds is 7. The Morgan fingerprint density at radius 2 is 1.87 bits per heavy atom. The summed E-state index contributed by atoms with van der Waals surface area (Å²) in [5.74, 6) is -2.88. The third-order valence-corrected chi connectivity index (χ3v) is 7.12. The van der Waals surface area contributed by atoms with Crippen LogP contribution >= 0.6 is 11.6 Å². The third-order valence-electron chi connectivity index (χ3n) is 6.79. The molecule has 1 aliphatic rings. The number of aliphatic hydroxyl groups is 1. The summed E-state index contributed by atoms with van der Waals surface area (Å²) >= 11 is 6.29. The molecule has 0 unspecified atom stereocenters. The first-order valence-electron chi connectivity index (χ1n) is 12.5. The summed E-state index contributed by atoms with van der Waals surface area (Å²) in [6.07, 6.45) is 3.31. The Morgan fingerprint density at radius 3 is 2.54 bits per heavy atom. The van der Waals surface area contributed by atoms with E-state index in [0.29, 0.717) is 12.6 Å². The number of H-pyrrole nitrogens is 1. The van der Waals surface area contributed by atoms with Gasteiger partial charge in [0.05, 0.1) is 18.7 Å². The maximum atomic E-state index is 11.0. The highest BCUT2D eigenvalue weighted by atomic mass is 35.5. The largest absolute Gasteiger partial charge is 0.497 e. The van der Waals surface area contributed by atoms with E-state index >= 15 is 0 Å². The van der Waals surface area contributed by atoms with E-state index in [-0.39, 0.29) is 0 Å². The van der Waals surface area contributed by atoms with E-state index in [0.717, 1.165) is 76.3 Å². The van der Waals surface area contributed by atoms with Crippen molar-refractivity contribution in [1.29, 1.82) is 0 Å². The zero-order valence-electron chi connectivity index (χ0n) is 21.4. The fourth-order valence-corrected chi connectivity index (χ4v) is 4.98. The van der Waals surface area contributed by atoms with Gasteiger partial charge in [-0.15, -0.1) is 0 Å². The number of fused-ring (bicyclic) bond motifs is 2. The Morgan fingerprint density at radius 1 is 1.13 bits per heavy atom. The van der Waals surface area contributed by atoms with Crippen LogP contribution in [0.4, 0.5) is 0 Å². The molecule has 39 heavy (non-hydrogen) atoms. The summed E-state index contributed by atoms with van der Waals surface area (Å²) in [6, 6.07) is 16.2. The van der Waals surface area contributed by atoms with E-state index in [4.69, 9.17) is 36.1 Å². The number of likely N-dealkylation sites (tertiary alicyclic amines) is 1. The summed E-state index contributed by atoms with van der Waals surface area (Å²) in [4.78, 5) is 28.4. The van der Waals surface area contributed by atoms with Crippen LogP contribution in [0.1, 0.15) is 30.2 Å². The molecule has 0 spiro atoms. The molecule has 0 bridgehead atoms. The van der Waals surface area contributed by atoms with Crippen molar-refractivity contribution in [2.45, 2.75) is 31.5 Å². The Bertz CT molecular complexity index is 1440. The fraction of sp³-hybridized carbons (Fsp3) is 0.321. The second-order valence-electron chi connectivity index (χ2n) is 9.36. The second kappa shape index (κ2) is 12.9. The van der Waals surface area contributed by atoms with Gasteiger partial charge in [0, 0.05) is 52.3 Å². The molecule has 0 aliphatic carbocycles. The van der Waals surface area contributed by atoms with Gasteiger partial charge in [-0.3, -0.25) is 4.98 Å². The van der Waals surface area contributed by atoms with Crippen LogP contribution in [0, 0.1) is 0 Å². The average molecular weight is 555 g/mol. The number of aliphatic hydroxyl groups excluding tert-OH is 1. The molecule has 10 nitrogen and oxygen atoms in total. The van der Waals surface area contributed by atoms with Crippen LogP contribution in [0.5, 0.6) is 5.75 Å². The van der Waals surface area contributed by atoms with Gasteiger partial charge >= 0.3 is 11.9 Å². The standard InChI is InChI=1S/C26H29ClN4O2.C2H2O4/c1-33-19-5-6-24-21(14-19)20(7-10-28-24)26(32)16-31-11-8-17(9-12-31)29-15-18-13-22-23(27)3-2-4-25(22)30-18;3-1(4)2(5)6/h2-7,10,13-14,17,26,29-30,32H,8-9,11-12,15-16H2,1H3;(H,3,4)(H,5,6)/t26-;/m0./s1. The molecule has 5 rings (SSSR count). The van der Waals surface area contributed by atoms with Crippen molar-refractivity contribution < 1.29 is 29.6 Å². The van der Waals surface area contributed by atoms with Crippen molar-refractivity contribution >= 4 is 45.3 Å². The lowest BCUT2D eigenvalue weighted by Crippen LogP contribution is -2.43. The maximum Gasteiger partial charge on any atom is 0.414 e. The van der Waals surface area contributed by atoms with Crippen molar-refractivity contribution in [1.82, 2.24) is 20.2 Å². The summed E-state index contributed by atoms with van der Waals surface area (Å²) < 4.78 is 5.36. The molecule has 4 aromatic rings. The molecule has 5 N–H and O–H groups in total. The number of hydrogen-bond donors (Lipinski definition) is 5. The third kappa shape index (κ3) is 7.24. The summed E-state index contributed by atoms with van der Waals surface area (Å²) in [6.45, 7) is 3.33. The number of benzene rings is 2. The number of aromatic amines is 1. The van der Waals surface area contributed by atoms with E-state index in [9.17, 15) is 5.11 Å². The number of aromatic nitrogens is 2. The Labute approximate surface area is 230 Å². The number of methoxy groups -OCH3 is 1. The van der Waals surface area contributed by atoms with Crippen LogP contribution in [0.25, 0.3) is 21.8 Å². The highest BCUT2D eigenvalue weighted by molar-refractivity contribution is 6.35. The smallest absolute Gasteiger partial charge is 0.414 e. The first kappa shape index (κ1) is 28.3. The van der Waals surface area contributed by atoms with Gasteiger partial charge in [-0.25, -0.2) is 9.59 Å². The van der Waals surface area contributed by atoms with E-state index in [2.05, 4.69) is 32.3 Å². The van der Waals surface area contributed by atoms with Gasteiger partial charge < -0.3 is 35.3 Å². The predicted octanol–water partition coefficient (Wildman–Crippen LogP) is 3.82. The van der Waals surface area contributed by atoms with Gasteiger partial charge in [-0.1, -0.05) is 17.7 Å². The summed E-state index contributed by atoms with van der Waals surface area (Å²) in [5, 5.41) is 32.3. The molecule has 0 amide bonds. The number of hydrogen-bond acceptors (Lipinski definition) is 7. The van der Waals surface area contributed by atoms with Crippen molar-refractivity contribution in [2.75, 3.05) is 26.7 Å². The van der Waals surface area contributed by atoms with Crippen LogP contribution in [0.15, 0.2) is 54.7 Å². The van der Waals surface area contributed by atoms with Crippen LogP contribution in [-0.4, -0.2) is 74.9 Å². The van der Waals surface area contributed by atoms with Gasteiger partial charge in [0.2, 0.25) is 0 Å². The van der Waals surface area contributed by atoms with Crippen molar-refractivity contribution in [3.05, 3.63) is 71.0 Å². The zero-order valence-corrected chi connectivity index (χ0v) is 22.2. The van der Waals surface area contributed by atoms with E-state index in [1.165, 1.54) is 0 Å². The molecule has 0 radical (unpaired) electrons. The molecule has 2 aromatic heterocycles. The molecule has 1 fully saturated rings. The maximum absolute atomic E-state index is 11.0. The molecule has 1 saturated heterocycles. The Balaban J connectivity index is 0.000000531.